The summed E-state index contributed by atoms with van der Waals surface area (Å²) in [5.41, 5.74) is 5.77. The van der Waals surface area contributed by atoms with Gasteiger partial charge < -0.3 is 5.73 Å². The lowest BCUT2D eigenvalue weighted by Crippen LogP contribution is -2.00. The number of nitrogens with two attached hydrogens (primary N) is 1. The summed E-state index contributed by atoms with van der Waals surface area (Å²) in [5, 5.41) is 1.02. The predicted octanol–water partition coefficient (Wildman–Crippen LogP) is 3.85. The first kappa shape index (κ1) is 11.9. The highest BCUT2D eigenvalue weighted by Crippen LogP contribution is 2.27. The molecule has 1 aromatic heterocycles. The summed E-state index contributed by atoms with van der Waals surface area (Å²) in [5.74, 6) is -0.743. The Balaban J connectivity index is 2.05. The van der Waals surface area contributed by atoms with Crippen LogP contribution >= 0.6 is 11.3 Å². The highest BCUT2D eigenvalue weighted by molar-refractivity contribution is 7.21. The maximum Gasteiger partial charge on any atom is 0.203 e. The summed E-state index contributed by atoms with van der Waals surface area (Å²) in [6, 6.07) is 13.7. The normalized spacial score (nSPS) is 10.8. The summed E-state index contributed by atoms with van der Waals surface area (Å²) in [7, 11) is 0. The number of carbonyl (C=O) groups is 1. The van der Waals surface area contributed by atoms with Crippen molar-refractivity contribution in [2.45, 2.75) is 0 Å². The zero-order valence-corrected chi connectivity index (χ0v) is 10.7. The molecule has 0 aliphatic carbocycles. The van der Waals surface area contributed by atoms with Crippen LogP contribution in [0.4, 0.5) is 10.1 Å². The Hall–Kier alpha value is -2.20. The van der Waals surface area contributed by atoms with E-state index in [9.17, 15) is 9.18 Å². The standard InChI is InChI=1S/C15H10FNOS/c16-11-7-10(5-6-12(11)17)15(18)14-8-9-3-1-2-4-13(9)19-14/h1-8H,17H2. The number of nitrogen functional groups attached to an aromatic ring is 1. The van der Waals surface area contributed by atoms with Gasteiger partial charge in [-0.25, -0.2) is 4.39 Å². The topological polar surface area (TPSA) is 43.1 Å². The summed E-state index contributed by atoms with van der Waals surface area (Å²) >= 11 is 1.41. The smallest absolute Gasteiger partial charge is 0.203 e. The molecule has 0 saturated heterocycles. The molecule has 0 aliphatic heterocycles. The second-order valence-electron chi connectivity index (χ2n) is 4.21. The molecule has 0 saturated carbocycles. The van der Waals surface area contributed by atoms with Crippen molar-refractivity contribution in [2.24, 2.45) is 0 Å². The van der Waals surface area contributed by atoms with E-state index in [4.69, 9.17) is 5.73 Å². The molecule has 0 spiro atoms. The van der Waals surface area contributed by atoms with Crippen molar-refractivity contribution >= 4 is 32.9 Å². The number of hydrogen-bond acceptors (Lipinski definition) is 3. The number of thiophene rings is 1. The minimum atomic E-state index is -0.563. The number of ketones is 1. The summed E-state index contributed by atoms with van der Waals surface area (Å²) in [6.45, 7) is 0. The molecule has 0 aliphatic rings. The summed E-state index contributed by atoms with van der Waals surface area (Å²) in [4.78, 5) is 12.9. The molecule has 19 heavy (non-hydrogen) atoms. The third kappa shape index (κ3) is 2.11. The molecule has 0 radical (unpaired) electrons. The number of benzene rings is 2. The molecule has 2 nitrogen and oxygen atoms in total. The first-order chi connectivity index (χ1) is 9.15. The Kier molecular flexibility index (Phi) is 2.80. The van der Waals surface area contributed by atoms with E-state index in [-0.39, 0.29) is 11.5 Å². The summed E-state index contributed by atoms with van der Waals surface area (Å²) in [6.07, 6.45) is 0. The second kappa shape index (κ2) is 4.48. The molecule has 0 amide bonds. The van der Waals surface area contributed by atoms with Crippen molar-refractivity contribution in [3.8, 4) is 0 Å². The van der Waals surface area contributed by atoms with E-state index in [1.54, 1.807) is 6.07 Å². The van der Waals surface area contributed by atoms with Gasteiger partial charge in [-0.1, -0.05) is 18.2 Å². The largest absolute Gasteiger partial charge is 0.396 e. The fourth-order valence-corrected chi connectivity index (χ4v) is 2.93. The number of rotatable bonds is 2. The molecule has 1 heterocycles. The highest BCUT2D eigenvalue weighted by atomic mass is 32.1. The molecule has 4 heteroatoms. The quantitative estimate of drug-likeness (QED) is 0.568. The molecule has 3 rings (SSSR count). The monoisotopic (exact) mass is 271 g/mol. The van der Waals surface area contributed by atoms with Crippen molar-refractivity contribution in [1.29, 1.82) is 0 Å². The van der Waals surface area contributed by atoms with Gasteiger partial charge in [0.1, 0.15) is 5.82 Å². The number of carbonyl (C=O) groups excluding carboxylic acids is 1. The van der Waals surface area contributed by atoms with E-state index >= 15 is 0 Å². The number of halogens is 1. The first-order valence-corrected chi connectivity index (χ1v) is 6.55. The first-order valence-electron chi connectivity index (χ1n) is 5.73. The predicted molar refractivity (Wildman–Crippen MR) is 76.1 cm³/mol. The molecule has 94 valence electrons. The zero-order valence-electron chi connectivity index (χ0n) is 9.89. The van der Waals surface area contributed by atoms with Gasteiger partial charge in [0, 0.05) is 10.3 Å². The minimum absolute atomic E-state index is 0.0490. The van der Waals surface area contributed by atoms with Crippen molar-refractivity contribution in [2.75, 3.05) is 5.73 Å². The van der Waals surface area contributed by atoms with Crippen LogP contribution in [0.1, 0.15) is 15.2 Å². The van der Waals surface area contributed by atoms with E-state index in [2.05, 4.69) is 0 Å². The van der Waals surface area contributed by atoms with Gasteiger partial charge in [0.05, 0.1) is 10.6 Å². The van der Waals surface area contributed by atoms with Crippen LogP contribution in [-0.2, 0) is 0 Å². The molecule has 2 N–H and O–H groups in total. The van der Waals surface area contributed by atoms with Gasteiger partial charge in [0.15, 0.2) is 0 Å². The lowest BCUT2D eigenvalue weighted by molar-refractivity contribution is 0.104. The Labute approximate surface area is 113 Å². The van der Waals surface area contributed by atoms with E-state index in [1.807, 2.05) is 30.3 Å². The van der Waals surface area contributed by atoms with Crippen molar-refractivity contribution in [1.82, 2.24) is 0 Å². The van der Waals surface area contributed by atoms with Crippen LogP contribution in [0.3, 0.4) is 0 Å². The minimum Gasteiger partial charge on any atom is -0.396 e. The van der Waals surface area contributed by atoms with Gasteiger partial charge in [0.25, 0.3) is 0 Å². The molecule has 2 aromatic carbocycles. The van der Waals surface area contributed by atoms with Crippen LogP contribution in [0.2, 0.25) is 0 Å². The molecule has 0 bridgehead atoms. The van der Waals surface area contributed by atoms with Crippen LogP contribution < -0.4 is 5.73 Å². The molecule has 3 aromatic rings. The SMILES string of the molecule is Nc1ccc(C(=O)c2cc3ccccc3s2)cc1F. The van der Waals surface area contributed by atoms with Gasteiger partial charge in [-0.3, -0.25) is 4.79 Å². The third-order valence-corrected chi connectivity index (χ3v) is 4.03. The molecular formula is C15H10FNOS. The van der Waals surface area contributed by atoms with Crippen molar-refractivity contribution in [3.05, 3.63) is 64.8 Å². The molecular weight excluding hydrogens is 261 g/mol. The van der Waals surface area contributed by atoms with E-state index in [1.165, 1.54) is 23.5 Å². The highest BCUT2D eigenvalue weighted by Gasteiger charge is 2.14. The van der Waals surface area contributed by atoms with Crippen LogP contribution in [-0.4, -0.2) is 5.78 Å². The van der Waals surface area contributed by atoms with Crippen molar-refractivity contribution in [3.63, 3.8) is 0 Å². The van der Waals surface area contributed by atoms with Crippen LogP contribution in [0, 0.1) is 5.82 Å². The van der Waals surface area contributed by atoms with Gasteiger partial charge in [-0.05, 0) is 35.7 Å². The van der Waals surface area contributed by atoms with Gasteiger partial charge in [-0.2, -0.15) is 0 Å². The van der Waals surface area contributed by atoms with Crippen LogP contribution in [0.15, 0.2) is 48.5 Å². The Bertz CT molecular complexity index is 746. The van der Waals surface area contributed by atoms with Crippen molar-refractivity contribution < 1.29 is 9.18 Å². The molecule has 0 unspecified atom stereocenters. The maximum absolute atomic E-state index is 13.4. The number of fused-ring (bicyclic) bond motifs is 1. The van der Waals surface area contributed by atoms with E-state index in [0.29, 0.717) is 10.4 Å². The van der Waals surface area contributed by atoms with Gasteiger partial charge in [0.2, 0.25) is 5.78 Å². The molecule has 0 atom stereocenters. The third-order valence-electron chi connectivity index (χ3n) is 2.91. The number of hydrogen-bond donors (Lipinski definition) is 1. The van der Waals surface area contributed by atoms with E-state index < -0.39 is 5.82 Å². The number of anilines is 1. The Morgan fingerprint density at radius 2 is 1.89 bits per heavy atom. The fourth-order valence-electron chi connectivity index (χ4n) is 1.90. The maximum atomic E-state index is 13.4. The lowest BCUT2D eigenvalue weighted by atomic mass is 10.1. The van der Waals surface area contributed by atoms with E-state index in [0.717, 1.165) is 10.1 Å². The van der Waals surface area contributed by atoms with Crippen LogP contribution in [0.25, 0.3) is 10.1 Å². The average molecular weight is 271 g/mol. The Morgan fingerprint density at radius 1 is 1.11 bits per heavy atom. The zero-order chi connectivity index (χ0) is 13.4. The molecule has 0 fully saturated rings. The summed E-state index contributed by atoms with van der Waals surface area (Å²) < 4.78 is 14.4. The Morgan fingerprint density at radius 3 is 2.63 bits per heavy atom. The average Bonchev–Trinajstić information content (AvgIpc) is 2.85. The lowest BCUT2D eigenvalue weighted by Gasteiger charge is -2.00. The second-order valence-corrected chi connectivity index (χ2v) is 5.30. The fraction of sp³-hybridized carbons (Fsp3) is 0. The van der Waals surface area contributed by atoms with Gasteiger partial charge in [-0.15, -0.1) is 11.3 Å². The van der Waals surface area contributed by atoms with Crippen LogP contribution in [0.5, 0.6) is 0 Å². The van der Waals surface area contributed by atoms with Gasteiger partial charge >= 0.3 is 0 Å².